The van der Waals surface area contributed by atoms with Gasteiger partial charge in [0.25, 0.3) is 0 Å². The highest BCUT2D eigenvalue weighted by Gasteiger charge is 1.71. The summed E-state index contributed by atoms with van der Waals surface area (Å²) in [5, 5.41) is 22.9. The number of hydrogen-bond acceptors (Lipinski definition) is 5. The molecule has 0 radical (unpaired) electrons. The third-order valence-electron chi connectivity index (χ3n) is 1.00. The van der Waals surface area contributed by atoms with Crippen molar-refractivity contribution in [3.63, 3.8) is 0 Å². The van der Waals surface area contributed by atoms with Crippen molar-refractivity contribution in [2.24, 2.45) is 0 Å². The van der Waals surface area contributed by atoms with Crippen LogP contribution < -0.4 is 10.2 Å². The molecule has 1 rings (SSSR count). The molecule has 0 aromatic rings. The van der Waals surface area contributed by atoms with E-state index < -0.39 is 11.9 Å². The fourth-order valence-electron chi connectivity index (χ4n) is 0.491. The first-order valence-electron chi connectivity index (χ1n) is 3.87. The Kier molecular flexibility index (Phi) is 7.80. The zero-order chi connectivity index (χ0) is 11.5. The first-order valence-corrected chi connectivity index (χ1v) is 4.81. The number of carboxylic acid groups (broad SMARTS) is 2. The molecule has 80 valence electrons. The molecule has 5 heteroatoms. The van der Waals surface area contributed by atoms with E-state index in [0.717, 1.165) is 0 Å². The Balaban J connectivity index is 0.000000262. The van der Waals surface area contributed by atoms with E-state index in [1.807, 2.05) is 35.1 Å². The van der Waals surface area contributed by atoms with Crippen molar-refractivity contribution >= 4 is 23.7 Å². The average molecular weight is 224 g/mol. The molecule has 0 aromatic carbocycles. The molecule has 0 fully saturated rings. The van der Waals surface area contributed by atoms with E-state index in [4.69, 9.17) is 0 Å². The van der Waals surface area contributed by atoms with Crippen molar-refractivity contribution in [2.45, 2.75) is 0 Å². The van der Waals surface area contributed by atoms with Gasteiger partial charge in [-0.05, 0) is 23.0 Å². The summed E-state index contributed by atoms with van der Waals surface area (Å²) < 4.78 is 0. The van der Waals surface area contributed by atoms with Crippen LogP contribution in [-0.2, 0) is 9.59 Å². The van der Waals surface area contributed by atoms with Crippen LogP contribution in [0.4, 0.5) is 0 Å². The molecular formula is C10H8O4S-2. The maximum absolute atomic E-state index is 9.41. The Morgan fingerprint density at radius 2 is 1.27 bits per heavy atom. The molecule has 1 heterocycles. The van der Waals surface area contributed by atoms with Crippen LogP contribution in [0.1, 0.15) is 0 Å². The normalized spacial score (nSPS) is 13.1. The second-order valence-electron chi connectivity index (χ2n) is 2.15. The van der Waals surface area contributed by atoms with E-state index >= 15 is 0 Å². The fourth-order valence-corrected chi connectivity index (χ4v) is 0.945. The minimum atomic E-state index is -1.55. The lowest BCUT2D eigenvalue weighted by molar-refractivity contribution is -0.301. The maximum atomic E-state index is 9.41. The lowest BCUT2D eigenvalue weighted by Gasteiger charge is -1.90. The highest BCUT2D eigenvalue weighted by molar-refractivity contribution is 8.04. The van der Waals surface area contributed by atoms with Crippen LogP contribution in [0.2, 0.25) is 0 Å². The summed E-state index contributed by atoms with van der Waals surface area (Å²) in [5.74, 6) is -3.09. The Morgan fingerprint density at radius 3 is 1.60 bits per heavy atom. The number of carbonyl (C=O) groups is 2. The highest BCUT2D eigenvalue weighted by Crippen LogP contribution is 2.06. The molecule has 1 aliphatic heterocycles. The standard InChI is InChI=1S/C6H6S.C4H4O4/c1-2-4-6-7-5-3-1;5-3(6)1-2-4(7)8/h1-6H;1-2H,(H,5,6)(H,7,8)/p-2/b;2-1-. The zero-order valence-electron chi connectivity index (χ0n) is 7.66. The van der Waals surface area contributed by atoms with Crippen molar-refractivity contribution in [3.05, 3.63) is 47.3 Å². The number of allylic oxidation sites excluding steroid dienone is 4. The van der Waals surface area contributed by atoms with Crippen LogP contribution in [-0.4, -0.2) is 11.9 Å². The molecule has 0 atom stereocenters. The monoisotopic (exact) mass is 224 g/mol. The van der Waals surface area contributed by atoms with Gasteiger partial charge in [0.15, 0.2) is 0 Å². The summed E-state index contributed by atoms with van der Waals surface area (Å²) in [6.45, 7) is 0. The molecule has 15 heavy (non-hydrogen) atoms. The molecule has 0 aromatic heterocycles. The van der Waals surface area contributed by atoms with Gasteiger partial charge < -0.3 is 19.8 Å². The fraction of sp³-hybridized carbons (Fsp3) is 0. The number of thioether (sulfide) groups is 1. The van der Waals surface area contributed by atoms with Gasteiger partial charge in [0, 0.05) is 0 Å². The molecule has 0 N–H and O–H groups in total. The second-order valence-corrected chi connectivity index (χ2v) is 2.97. The van der Waals surface area contributed by atoms with Gasteiger partial charge in [-0.2, -0.15) is 0 Å². The molecular weight excluding hydrogens is 216 g/mol. The quantitative estimate of drug-likeness (QED) is 0.583. The third-order valence-corrected chi connectivity index (χ3v) is 1.63. The van der Waals surface area contributed by atoms with E-state index in [1.165, 1.54) is 0 Å². The Morgan fingerprint density at radius 1 is 0.867 bits per heavy atom. The van der Waals surface area contributed by atoms with Gasteiger partial charge in [-0.1, -0.05) is 24.3 Å². The number of hydrogen-bond donors (Lipinski definition) is 0. The van der Waals surface area contributed by atoms with Crippen molar-refractivity contribution in [1.29, 1.82) is 0 Å². The topological polar surface area (TPSA) is 80.3 Å². The van der Waals surface area contributed by atoms with Crippen LogP contribution in [0.25, 0.3) is 0 Å². The van der Waals surface area contributed by atoms with Crippen molar-refractivity contribution in [3.8, 4) is 0 Å². The van der Waals surface area contributed by atoms with Crippen molar-refractivity contribution < 1.29 is 19.8 Å². The maximum Gasteiger partial charge on any atom is 0.0643 e. The molecule has 0 amide bonds. The second kappa shape index (κ2) is 8.83. The van der Waals surface area contributed by atoms with Crippen LogP contribution in [0.15, 0.2) is 47.3 Å². The van der Waals surface area contributed by atoms with Gasteiger partial charge in [0.05, 0.1) is 11.9 Å². The van der Waals surface area contributed by atoms with Crippen LogP contribution in [0.5, 0.6) is 0 Å². The Hall–Kier alpha value is -1.75. The first kappa shape index (κ1) is 13.2. The smallest absolute Gasteiger partial charge is 0.0643 e. The first-order chi connectivity index (χ1) is 7.13. The minimum absolute atomic E-state index is 0.384. The minimum Gasteiger partial charge on any atom is -0.545 e. The average Bonchev–Trinajstić information content (AvgIpc) is 2.47. The molecule has 0 bridgehead atoms. The van der Waals surface area contributed by atoms with E-state index in [0.29, 0.717) is 12.2 Å². The van der Waals surface area contributed by atoms with Gasteiger partial charge in [0.2, 0.25) is 0 Å². The van der Waals surface area contributed by atoms with E-state index in [9.17, 15) is 19.8 Å². The summed E-state index contributed by atoms with van der Waals surface area (Å²) in [4.78, 5) is 18.8. The molecule has 0 unspecified atom stereocenters. The molecule has 0 saturated carbocycles. The highest BCUT2D eigenvalue weighted by atomic mass is 32.2. The number of rotatable bonds is 2. The van der Waals surface area contributed by atoms with Gasteiger partial charge in [-0.3, -0.25) is 0 Å². The SMILES string of the molecule is C1=CC=CSC=C1.O=C([O-])/C=C\C(=O)[O-]. The lowest BCUT2D eigenvalue weighted by Crippen LogP contribution is -2.23. The van der Waals surface area contributed by atoms with Crippen LogP contribution in [0, 0.1) is 0 Å². The molecule has 0 spiro atoms. The third kappa shape index (κ3) is 12.2. The van der Waals surface area contributed by atoms with E-state index in [2.05, 4.69) is 0 Å². The number of carbonyl (C=O) groups excluding carboxylic acids is 2. The Bertz CT molecular complexity index is 296. The molecule has 4 nitrogen and oxygen atoms in total. The predicted octanol–water partition coefficient (Wildman–Crippen LogP) is -0.641. The van der Waals surface area contributed by atoms with Gasteiger partial charge >= 0.3 is 0 Å². The molecule has 0 aliphatic carbocycles. The van der Waals surface area contributed by atoms with E-state index in [-0.39, 0.29) is 0 Å². The van der Waals surface area contributed by atoms with Crippen molar-refractivity contribution in [1.82, 2.24) is 0 Å². The Labute approximate surface area is 91.3 Å². The van der Waals surface area contributed by atoms with Crippen LogP contribution in [0.3, 0.4) is 0 Å². The number of aliphatic carboxylic acids is 2. The summed E-state index contributed by atoms with van der Waals surface area (Å²) in [6.07, 6.45) is 8.83. The van der Waals surface area contributed by atoms with Crippen LogP contribution >= 0.6 is 11.8 Å². The zero-order valence-corrected chi connectivity index (χ0v) is 8.48. The van der Waals surface area contributed by atoms with Gasteiger partial charge in [-0.15, -0.1) is 11.8 Å². The molecule has 1 aliphatic rings. The summed E-state index contributed by atoms with van der Waals surface area (Å²) in [7, 11) is 0. The van der Waals surface area contributed by atoms with Gasteiger partial charge in [-0.25, -0.2) is 0 Å². The van der Waals surface area contributed by atoms with Gasteiger partial charge in [0.1, 0.15) is 0 Å². The largest absolute Gasteiger partial charge is 0.545 e. The van der Waals surface area contributed by atoms with E-state index in [1.54, 1.807) is 11.8 Å². The summed E-state index contributed by atoms with van der Waals surface area (Å²) in [6, 6.07) is 0. The summed E-state index contributed by atoms with van der Waals surface area (Å²) in [5.41, 5.74) is 0. The number of carboxylic acids is 2. The lowest BCUT2D eigenvalue weighted by atomic mass is 10.5. The molecule has 0 saturated heterocycles. The van der Waals surface area contributed by atoms with Crippen molar-refractivity contribution in [2.75, 3.05) is 0 Å². The predicted molar refractivity (Wildman–Crippen MR) is 54.2 cm³/mol. The summed E-state index contributed by atoms with van der Waals surface area (Å²) >= 11 is 1.69.